The minimum absolute atomic E-state index is 0.00188. The second kappa shape index (κ2) is 11.3. The highest BCUT2D eigenvalue weighted by Gasteiger charge is 2.25. The van der Waals surface area contributed by atoms with Crippen molar-refractivity contribution in [3.63, 3.8) is 0 Å². The van der Waals surface area contributed by atoms with Crippen LogP contribution in [0, 0.1) is 20.8 Å². The van der Waals surface area contributed by atoms with Crippen LogP contribution in [0.5, 0.6) is 5.75 Å². The largest absolute Gasteiger partial charge is 0.497 e. The van der Waals surface area contributed by atoms with Gasteiger partial charge in [0.2, 0.25) is 0 Å². The highest BCUT2D eigenvalue weighted by molar-refractivity contribution is 5.97. The monoisotopic (exact) mass is 512 g/mol. The molecule has 0 aliphatic carbocycles. The summed E-state index contributed by atoms with van der Waals surface area (Å²) in [4.78, 5) is 23.3. The third-order valence-electron chi connectivity index (χ3n) is 7.25. The van der Waals surface area contributed by atoms with Crippen molar-refractivity contribution in [1.82, 2.24) is 14.5 Å². The van der Waals surface area contributed by atoms with Crippen LogP contribution in [0.4, 0.5) is 5.69 Å². The number of imidazole rings is 1. The Morgan fingerprint density at radius 2 is 1.58 bits per heavy atom. The molecule has 1 heterocycles. The molecule has 0 bridgehead atoms. The Morgan fingerprint density at radius 1 is 0.947 bits per heavy atom. The van der Waals surface area contributed by atoms with Gasteiger partial charge in [-0.2, -0.15) is 0 Å². The van der Waals surface area contributed by atoms with Crippen molar-refractivity contribution >= 4 is 22.6 Å². The van der Waals surface area contributed by atoms with E-state index in [4.69, 9.17) is 9.72 Å². The number of aromatic nitrogens is 2. The number of carbonyl (C=O) groups is 1. The lowest BCUT2D eigenvalue weighted by atomic mass is 9.98. The number of fused-ring (bicyclic) bond motifs is 1. The van der Waals surface area contributed by atoms with Crippen LogP contribution in [-0.2, 0) is 6.54 Å². The zero-order valence-electron chi connectivity index (χ0n) is 24.0. The first-order chi connectivity index (χ1) is 18.2. The van der Waals surface area contributed by atoms with Gasteiger partial charge in [0.15, 0.2) is 0 Å². The normalized spacial score (nSPS) is 11.3. The molecule has 0 unspecified atom stereocenters. The lowest BCUT2D eigenvalue weighted by molar-refractivity contribution is 0.0683. The summed E-state index contributed by atoms with van der Waals surface area (Å²) in [5, 5.41) is 0. The molecule has 0 N–H and O–H groups in total. The van der Waals surface area contributed by atoms with Gasteiger partial charge in [-0.1, -0.05) is 17.7 Å². The first-order valence-electron chi connectivity index (χ1n) is 13.5. The van der Waals surface area contributed by atoms with E-state index in [-0.39, 0.29) is 11.9 Å². The molecule has 3 aromatic carbocycles. The Balaban J connectivity index is 1.85. The zero-order valence-corrected chi connectivity index (χ0v) is 24.0. The van der Waals surface area contributed by atoms with Gasteiger partial charge in [0.25, 0.3) is 5.91 Å². The second-order valence-electron chi connectivity index (χ2n) is 10.2. The Morgan fingerprint density at radius 3 is 2.13 bits per heavy atom. The summed E-state index contributed by atoms with van der Waals surface area (Å²) in [6.45, 7) is 16.8. The van der Waals surface area contributed by atoms with Gasteiger partial charge < -0.3 is 14.5 Å². The average molecular weight is 513 g/mol. The number of carbonyl (C=O) groups excluding carboxylic acids is 1. The highest BCUT2D eigenvalue weighted by Crippen LogP contribution is 2.29. The van der Waals surface area contributed by atoms with Crippen LogP contribution in [0.1, 0.15) is 60.6 Å². The second-order valence-corrected chi connectivity index (χ2v) is 10.2. The summed E-state index contributed by atoms with van der Waals surface area (Å²) in [5.41, 5.74) is 8.02. The molecule has 38 heavy (non-hydrogen) atoms. The molecule has 1 amide bonds. The molecule has 0 saturated carbocycles. The molecule has 0 atom stereocenters. The lowest BCUT2D eigenvalue weighted by Crippen LogP contribution is -2.38. The van der Waals surface area contributed by atoms with Crippen LogP contribution in [0.15, 0.2) is 54.6 Å². The predicted octanol–water partition coefficient (Wildman–Crippen LogP) is 6.86. The molecule has 4 aromatic rings. The van der Waals surface area contributed by atoms with Gasteiger partial charge in [0.05, 0.1) is 24.7 Å². The van der Waals surface area contributed by atoms with E-state index in [0.29, 0.717) is 6.54 Å². The standard InChI is InChI=1S/C32H40N4O2/c1-9-34(10-2)26-13-16-29-28(19-26)33-30(36(29)25-11-14-27(38-8)15-12-25)20-35(21(3)4)32(37)31-23(6)17-22(5)18-24(31)7/h11-19,21H,9-10,20H2,1-8H3. The minimum atomic E-state index is -0.00188. The van der Waals surface area contributed by atoms with E-state index >= 15 is 0 Å². The van der Waals surface area contributed by atoms with E-state index in [1.54, 1.807) is 7.11 Å². The molecule has 1 aromatic heterocycles. The molecule has 0 radical (unpaired) electrons. The Bertz CT molecular complexity index is 1410. The maximum atomic E-state index is 14.0. The summed E-state index contributed by atoms with van der Waals surface area (Å²) in [6.07, 6.45) is 0. The fraction of sp³-hybridized carbons (Fsp3) is 0.375. The number of hydrogen-bond donors (Lipinski definition) is 0. The van der Waals surface area contributed by atoms with E-state index in [1.807, 2.05) is 43.0 Å². The quantitative estimate of drug-likeness (QED) is 0.246. The van der Waals surface area contributed by atoms with Gasteiger partial charge in [0, 0.05) is 36.1 Å². The number of aryl methyl sites for hydroxylation is 3. The molecule has 6 heteroatoms. The Hall–Kier alpha value is -3.80. The molecule has 0 fully saturated rings. The van der Waals surface area contributed by atoms with Crippen LogP contribution >= 0.6 is 0 Å². The van der Waals surface area contributed by atoms with Crippen molar-refractivity contribution in [2.24, 2.45) is 0 Å². The molecule has 0 saturated heterocycles. The predicted molar refractivity (Wildman–Crippen MR) is 157 cm³/mol. The van der Waals surface area contributed by atoms with E-state index in [9.17, 15) is 4.79 Å². The number of nitrogens with zero attached hydrogens (tertiary/aromatic N) is 4. The molecule has 0 aliphatic rings. The molecular formula is C32H40N4O2. The van der Waals surface area contributed by atoms with Crippen LogP contribution in [0.3, 0.4) is 0 Å². The van der Waals surface area contributed by atoms with Gasteiger partial charge >= 0.3 is 0 Å². The third-order valence-corrected chi connectivity index (χ3v) is 7.25. The summed E-state index contributed by atoms with van der Waals surface area (Å²) < 4.78 is 7.56. The number of rotatable bonds is 9. The van der Waals surface area contributed by atoms with Crippen LogP contribution in [0.2, 0.25) is 0 Å². The van der Waals surface area contributed by atoms with Crippen molar-refractivity contribution in [3.05, 3.63) is 82.7 Å². The van der Waals surface area contributed by atoms with E-state index in [2.05, 4.69) is 74.4 Å². The summed E-state index contributed by atoms with van der Waals surface area (Å²) in [7, 11) is 1.67. The van der Waals surface area contributed by atoms with Crippen molar-refractivity contribution in [1.29, 1.82) is 0 Å². The van der Waals surface area contributed by atoms with E-state index in [0.717, 1.165) is 69.3 Å². The number of methoxy groups -OCH3 is 1. The summed E-state index contributed by atoms with van der Waals surface area (Å²) in [5.74, 6) is 1.66. The minimum Gasteiger partial charge on any atom is -0.497 e. The lowest BCUT2D eigenvalue weighted by Gasteiger charge is -2.28. The smallest absolute Gasteiger partial charge is 0.255 e. The van der Waals surface area contributed by atoms with E-state index < -0.39 is 0 Å². The number of amides is 1. The van der Waals surface area contributed by atoms with E-state index in [1.165, 1.54) is 0 Å². The molecular weight excluding hydrogens is 472 g/mol. The topological polar surface area (TPSA) is 50.6 Å². The number of benzene rings is 3. The van der Waals surface area contributed by atoms with Crippen molar-refractivity contribution in [2.45, 2.75) is 61.1 Å². The van der Waals surface area contributed by atoms with Crippen LogP contribution in [0.25, 0.3) is 16.7 Å². The maximum Gasteiger partial charge on any atom is 0.255 e. The summed E-state index contributed by atoms with van der Waals surface area (Å²) in [6, 6.07) is 18.6. The first-order valence-corrected chi connectivity index (χ1v) is 13.5. The summed E-state index contributed by atoms with van der Waals surface area (Å²) >= 11 is 0. The third kappa shape index (κ3) is 5.26. The first kappa shape index (κ1) is 27.2. The van der Waals surface area contributed by atoms with Gasteiger partial charge in [-0.15, -0.1) is 0 Å². The number of ether oxygens (including phenoxy) is 1. The highest BCUT2D eigenvalue weighted by atomic mass is 16.5. The molecule has 0 spiro atoms. The van der Waals surface area contributed by atoms with Gasteiger partial charge in [0.1, 0.15) is 11.6 Å². The Labute approximate surface area is 226 Å². The average Bonchev–Trinajstić information content (AvgIpc) is 3.24. The SMILES string of the molecule is CCN(CC)c1ccc2c(c1)nc(CN(C(=O)c1c(C)cc(C)cc1C)C(C)C)n2-c1ccc(OC)cc1. The van der Waals surface area contributed by atoms with Gasteiger partial charge in [-0.25, -0.2) is 4.98 Å². The van der Waals surface area contributed by atoms with Crippen molar-refractivity contribution in [2.75, 3.05) is 25.1 Å². The zero-order chi connectivity index (χ0) is 27.6. The van der Waals surface area contributed by atoms with Gasteiger partial charge in [-0.3, -0.25) is 9.36 Å². The number of hydrogen-bond acceptors (Lipinski definition) is 4. The fourth-order valence-electron chi connectivity index (χ4n) is 5.33. The maximum absolute atomic E-state index is 14.0. The van der Waals surface area contributed by atoms with Crippen molar-refractivity contribution in [3.8, 4) is 11.4 Å². The van der Waals surface area contributed by atoms with Crippen LogP contribution < -0.4 is 9.64 Å². The van der Waals surface area contributed by atoms with Crippen LogP contribution in [-0.4, -0.2) is 46.6 Å². The molecule has 6 nitrogen and oxygen atoms in total. The molecule has 0 aliphatic heterocycles. The van der Waals surface area contributed by atoms with Crippen molar-refractivity contribution < 1.29 is 9.53 Å². The fourth-order valence-corrected chi connectivity index (χ4v) is 5.33. The molecule has 4 rings (SSSR count). The number of anilines is 1. The van der Waals surface area contributed by atoms with Gasteiger partial charge in [-0.05, 0) is 102 Å². The Kier molecular flexibility index (Phi) is 8.10. The molecule has 200 valence electrons.